The van der Waals surface area contributed by atoms with Gasteiger partial charge in [0.2, 0.25) is 0 Å². The quantitative estimate of drug-likeness (QED) is 0.0905. The van der Waals surface area contributed by atoms with Gasteiger partial charge >= 0.3 is 12.1 Å². The van der Waals surface area contributed by atoms with Crippen LogP contribution in [-0.4, -0.2) is 116 Å². The van der Waals surface area contributed by atoms with E-state index in [-0.39, 0.29) is 39.3 Å². The molecule has 15 heteroatoms. The molecule has 0 aliphatic carbocycles. The lowest BCUT2D eigenvalue weighted by atomic mass is 9.98. The van der Waals surface area contributed by atoms with Crippen LogP contribution < -0.4 is 0 Å². The van der Waals surface area contributed by atoms with Crippen LogP contribution in [0.4, 0.5) is 4.79 Å². The fourth-order valence-electron chi connectivity index (χ4n) is 6.92. The van der Waals surface area contributed by atoms with Crippen molar-refractivity contribution in [1.29, 1.82) is 0 Å². The number of benzene rings is 3. The summed E-state index contributed by atoms with van der Waals surface area (Å²) in [6.07, 6.45) is -7.27. The Balaban J connectivity index is 1.22. The van der Waals surface area contributed by atoms with Crippen molar-refractivity contribution in [3.8, 4) is 0 Å². The molecule has 3 aromatic carbocycles. The summed E-state index contributed by atoms with van der Waals surface area (Å²) in [6, 6.07) is 27.1. The molecule has 0 aromatic heterocycles. The van der Waals surface area contributed by atoms with Crippen molar-refractivity contribution in [3.05, 3.63) is 120 Å². The fraction of sp³-hybridized carbons (Fsp3) is 0.432. The summed E-state index contributed by atoms with van der Waals surface area (Å²) in [5, 5.41) is 10.3. The first-order chi connectivity index (χ1) is 28.6. The maximum atomic E-state index is 13.7. The molecule has 0 saturated carbocycles. The Morgan fingerprint density at radius 1 is 0.797 bits per heavy atom. The molecular formula is C44H51NO14. The largest absolute Gasteiger partial charge is 0.451 e. The number of amides is 2. The van der Waals surface area contributed by atoms with Crippen molar-refractivity contribution in [2.75, 3.05) is 27.4 Å². The number of nitrogens with zero attached hydrogens (tertiary/aromatic N) is 1. The maximum absolute atomic E-state index is 13.7. The zero-order chi connectivity index (χ0) is 42.3. The minimum Gasteiger partial charge on any atom is -0.451 e. The summed E-state index contributed by atoms with van der Waals surface area (Å²) in [5.74, 6) is -3.22. The van der Waals surface area contributed by atoms with Gasteiger partial charge in [-0.05, 0) is 42.2 Å². The van der Waals surface area contributed by atoms with Crippen molar-refractivity contribution >= 4 is 29.5 Å². The molecule has 0 radical (unpaired) electrons. The number of ketones is 2. The molecule has 2 aliphatic rings. The van der Waals surface area contributed by atoms with Crippen LogP contribution in [0.2, 0.25) is 0 Å². The number of allylic oxidation sites excluding steroid dienone is 1. The summed E-state index contributed by atoms with van der Waals surface area (Å²) in [6.45, 7) is 2.77. The van der Waals surface area contributed by atoms with E-state index in [1.165, 1.54) is 7.11 Å². The van der Waals surface area contributed by atoms with Gasteiger partial charge in [-0.25, -0.2) is 9.69 Å². The van der Waals surface area contributed by atoms with Gasteiger partial charge in [-0.2, -0.15) is 0 Å². The molecule has 2 heterocycles. The number of cyclic esters (lactones) is 1. The number of rotatable bonds is 21. The van der Waals surface area contributed by atoms with E-state index in [2.05, 4.69) is 0 Å². The van der Waals surface area contributed by atoms with Gasteiger partial charge in [0.1, 0.15) is 30.5 Å². The molecule has 2 aliphatic heterocycles. The Morgan fingerprint density at radius 3 is 1.95 bits per heavy atom. The molecule has 9 atom stereocenters. The summed E-state index contributed by atoms with van der Waals surface area (Å²) in [4.78, 5) is 65.9. The number of esters is 1. The van der Waals surface area contributed by atoms with Gasteiger partial charge in [-0.3, -0.25) is 19.2 Å². The van der Waals surface area contributed by atoms with Crippen molar-refractivity contribution < 1.29 is 67.0 Å². The van der Waals surface area contributed by atoms with E-state index in [1.807, 2.05) is 60.7 Å². The summed E-state index contributed by atoms with van der Waals surface area (Å²) in [7, 11) is 2.58. The number of carbonyl (C=O) groups is 5. The highest BCUT2D eigenvalue weighted by atomic mass is 16.7. The third kappa shape index (κ3) is 12.0. The number of imide groups is 1. The van der Waals surface area contributed by atoms with E-state index < -0.39 is 84.6 Å². The first-order valence-electron chi connectivity index (χ1n) is 19.3. The average Bonchev–Trinajstić information content (AvgIpc) is 3.56. The Morgan fingerprint density at radius 2 is 1.39 bits per heavy atom. The number of aliphatic hydroxyl groups excluding tert-OH is 1. The van der Waals surface area contributed by atoms with E-state index in [0.29, 0.717) is 5.56 Å². The number of ether oxygens (including phenoxy) is 8. The molecule has 1 N–H and O–H groups in total. The number of hydrogen-bond donors (Lipinski definition) is 1. The second-order valence-corrected chi connectivity index (χ2v) is 14.0. The highest BCUT2D eigenvalue weighted by Crippen LogP contribution is 2.34. The summed E-state index contributed by atoms with van der Waals surface area (Å²) in [5.41, 5.74) is 2.47. The van der Waals surface area contributed by atoms with Gasteiger partial charge in [-0.1, -0.05) is 91.0 Å². The summed E-state index contributed by atoms with van der Waals surface area (Å²) >= 11 is 0. The third-order valence-corrected chi connectivity index (χ3v) is 9.87. The van der Waals surface area contributed by atoms with E-state index in [9.17, 15) is 29.1 Å². The molecule has 316 valence electrons. The third-order valence-electron chi connectivity index (χ3n) is 9.87. The van der Waals surface area contributed by atoms with Gasteiger partial charge in [-0.15, -0.1) is 0 Å². The Bertz CT molecular complexity index is 1860. The van der Waals surface area contributed by atoms with Crippen LogP contribution in [-0.2, 0) is 70.3 Å². The predicted octanol–water partition coefficient (Wildman–Crippen LogP) is 4.44. The van der Waals surface area contributed by atoms with Crippen LogP contribution in [0, 0.1) is 0 Å². The van der Waals surface area contributed by atoms with Gasteiger partial charge in [0, 0.05) is 34.2 Å². The first-order valence-corrected chi connectivity index (χ1v) is 19.3. The standard InChI is InChI=1S/C44H51NO14/c1-28-36(32-19-12-7-13-20-32)59-44(51)45(28)42(50)40(52-3)37(57-29(2)47)34(49)23-22-33(48)21-14-24-54-41-39(56-27-31-17-10-6-11-18-31)38(35(25-46)58-43(41)53-4)55-26-30-15-8-5-9-16-30/h5-13,15-20,22-23,28,35-41,43,46H,14,21,24-27H2,1-4H3/t28-,35-,36-,37+,38-,39+,40-,41+,43+/m1/s1. The monoisotopic (exact) mass is 817 g/mol. The highest BCUT2D eigenvalue weighted by Gasteiger charge is 2.50. The van der Waals surface area contributed by atoms with Crippen LogP contribution >= 0.6 is 0 Å². The molecule has 15 nitrogen and oxygen atoms in total. The van der Waals surface area contributed by atoms with Gasteiger partial charge in [0.15, 0.2) is 30.1 Å². The Kier molecular flexibility index (Phi) is 17.0. The lowest BCUT2D eigenvalue weighted by Crippen LogP contribution is -2.61. The molecule has 0 unspecified atom stereocenters. The van der Waals surface area contributed by atoms with E-state index >= 15 is 0 Å². The number of hydrogen-bond acceptors (Lipinski definition) is 14. The molecule has 0 bridgehead atoms. The molecule has 2 saturated heterocycles. The zero-order valence-electron chi connectivity index (χ0n) is 33.5. The van der Waals surface area contributed by atoms with Gasteiger partial charge in [0.25, 0.3) is 5.91 Å². The van der Waals surface area contributed by atoms with E-state index in [4.69, 9.17) is 37.9 Å². The van der Waals surface area contributed by atoms with Crippen LogP contribution in [0.25, 0.3) is 0 Å². The molecule has 0 spiro atoms. The Labute approximate surface area is 343 Å². The Hall–Kier alpha value is -5.13. The zero-order valence-corrected chi connectivity index (χ0v) is 33.5. The van der Waals surface area contributed by atoms with E-state index in [0.717, 1.165) is 42.2 Å². The van der Waals surface area contributed by atoms with Crippen molar-refractivity contribution in [2.24, 2.45) is 0 Å². The van der Waals surface area contributed by atoms with Crippen molar-refractivity contribution in [2.45, 2.75) is 95.0 Å². The number of aliphatic hydroxyl groups is 1. The minimum atomic E-state index is -1.81. The van der Waals surface area contributed by atoms with Crippen LogP contribution in [0.5, 0.6) is 0 Å². The van der Waals surface area contributed by atoms with Gasteiger partial charge < -0.3 is 43.0 Å². The molecule has 5 rings (SSSR count). The minimum absolute atomic E-state index is 0.0478. The second kappa shape index (κ2) is 22.3. The predicted molar refractivity (Wildman–Crippen MR) is 209 cm³/mol. The molecule has 3 aromatic rings. The smallest absolute Gasteiger partial charge is 0.417 e. The SMILES string of the molecule is CO[C@H]1O[C@H](CO)[C@@H](OCc2ccccc2)[C@H](OCc2ccccc2)[C@@H]1OCCCC(=O)C=CC(=O)[C@H](OC(C)=O)[C@@H](OC)C(=O)N1C(=O)O[C@@H](c2ccccc2)[C@H]1C. The van der Waals surface area contributed by atoms with Crippen LogP contribution in [0.15, 0.2) is 103 Å². The van der Waals surface area contributed by atoms with Gasteiger partial charge in [0.05, 0.1) is 25.9 Å². The number of methoxy groups -OCH3 is 2. The van der Waals surface area contributed by atoms with Crippen molar-refractivity contribution in [1.82, 2.24) is 4.90 Å². The second-order valence-electron chi connectivity index (χ2n) is 14.0. The van der Waals surface area contributed by atoms with Crippen LogP contribution in [0.1, 0.15) is 49.5 Å². The highest BCUT2D eigenvalue weighted by molar-refractivity contribution is 6.05. The molecular weight excluding hydrogens is 766 g/mol. The van der Waals surface area contributed by atoms with E-state index in [1.54, 1.807) is 37.3 Å². The normalized spacial score (nSPS) is 24.1. The van der Waals surface area contributed by atoms with Crippen molar-refractivity contribution in [3.63, 3.8) is 0 Å². The lowest BCUT2D eigenvalue weighted by Gasteiger charge is -2.45. The molecule has 2 fully saturated rings. The summed E-state index contributed by atoms with van der Waals surface area (Å²) < 4.78 is 46.7. The maximum Gasteiger partial charge on any atom is 0.417 e. The topological polar surface area (TPSA) is 183 Å². The molecule has 59 heavy (non-hydrogen) atoms. The number of carbonyl (C=O) groups excluding carboxylic acids is 5. The lowest BCUT2D eigenvalue weighted by molar-refractivity contribution is -0.319. The average molecular weight is 818 g/mol. The molecule has 2 amide bonds. The van der Waals surface area contributed by atoms with Crippen LogP contribution in [0.3, 0.4) is 0 Å². The first kappa shape index (κ1) is 45.0. The fourth-order valence-corrected chi connectivity index (χ4v) is 6.92.